The fraction of sp³-hybridized carbons (Fsp3) is 0.400. The molecular weight excluding hydrogens is 136 g/mol. The van der Waals surface area contributed by atoms with Crippen molar-refractivity contribution in [2.75, 3.05) is 0 Å². The van der Waals surface area contributed by atoms with Gasteiger partial charge in [0.1, 0.15) is 5.76 Å². The topological polar surface area (TPSA) is 13.1 Å². The standard InChI is InChI=1S/C10H14O/c1-4-8(3)10-6-9(5-2)7-11-10/h4,6-8H,1,5H2,2-3H3/t8-/m1/s1. The lowest BCUT2D eigenvalue weighted by molar-refractivity contribution is 0.498. The zero-order valence-electron chi connectivity index (χ0n) is 7.13. The summed E-state index contributed by atoms with van der Waals surface area (Å²) in [5.74, 6) is 1.34. The fourth-order valence-corrected chi connectivity index (χ4v) is 0.935. The molecule has 0 spiro atoms. The van der Waals surface area contributed by atoms with Crippen LogP contribution in [0.1, 0.15) is 31.1 Å². The second-order valence-electron chi connectivity index (χ2n) is 2.74. The summed E-state index contributed by atoms with van der Waals surface area (Å²) in [6, 6.07) is 2.09. The average Bonchev–Trinajstić information content (AvgIpc) is 2.50. The SMILES string of the molecule is C=C[C@@H](C)c1cc(CC)co1. The number of rotatable bonds is 3. The maximum Gasteiger partial charge on any atom is 0.110 e. The van der Waals surface area contributed by atoms with E-state index in [4.69, 9.17) is 4.42 Å². The summed E-state index contributed by atoms with van der Waals surface area (Å²) in [5.41, 5.74) is 1.26. The molecule has 0 aliphatic carbocycles. The van der Waals surface area contributed by atoms with Crippen molar-refractivity contribution in [1.82, 2.24) is 0 Å². The van der Waals surface area contributed by atoms with Crippen LogP contribution in [0.5, 0.6) is 0 Å². The van der Waals surface area contributed by atoms with Crippen LogP contribution in [0.25, 0.3) is 0 Å². The second-order valence-corrected chi connectivity index (χ2v) is 2.74. The lowest BCUT2D eigenvalue weighted by atomic mass is 10.1. The molecule has 0 saturated heterocycles. The summed E-state index contributed by atoms with van der Waals surface area (Å²) in [7, 11) is 0. The van der Waals surface area contributed by atoms with E-state index in [0.717, 1.165) is 12.2 Å². The van der Waals surface area contributed by atoms with E-state index >= 15 is 0 Å². The summed E-state index contributed by atoms with van der Waals surface area (Å²) in [6.45, 7) is 7.91. The largest absolute Gasteiger partial charge is 0.468 e. The molecule has 1 heteroatoms. The van der Waals surface area contributed by atoms with E-state index in [0.29, 0.717) is 5.92 Å². The Hall–Kier alpha value is -0.980. The van der Waals surface area contributed by atoms with Gasteiger partial charge in [0.2, 0.25) is 0 Å². The lowest BCUT2D eigenvalue weighted by Crippen LogP contribution is -1.83. The highest BCUT2D eigenvalue weighted by Gasteiger charge is 2.04. The summed E-state index contributed by atoms with van der Waals surface area (Å²) in [4.78, 5) is 0. The van der Waals surface area contributed by atoms with E-state index in [-0.39, 0.29) is 0 Å². The van der Waals surface area contributed by atoms with Crippen LogP contribution in [0.15, 0.2) is 29.4 Å². The van der Waals surface area contributed by atoms with E-state index < -0.39 is 0 Å². The third kappa shape index (κ3) is 1.73. The molecule has 1 aromatic rings. The molecule has 60 valence electrons. The van der Waals surface area contributed by atoms with Crippen LogP contribution >= 0.6 is 0 Å². The van der Waals surface area contributed by atoms with Crippen LogP contribution in [-0.2, 0) is 6.42 Å². The van der Waals surface area contributed by atoms with Gasteiger partial charge >= 0.3 is 0 Å². The Morgan fingerprint density at radius 1 is 1.73 bits per heavy atom. The van der Waals surface area contributed by atoms with Crippen LogP contribution in [-0.4, -0.2) is 0 Å². The molecule has 0 aliphatic rings. The Morgan fingerprint density at radius 3 is 2.91 bits per heavy atom. The van der Waals surface area contributed by atoms with Crippen LogP contribution in [0, 0.1) is 0 Å². The minimum Gasteiger partial charge on any atom is -0.468 e. The Balaban J connectivity index is 2.79. The van der Waals surface area contributed by atoms with Gasteiger partial charge in [0.05, 0.1) is 6.26 Å². The minimum absolute atomic E-state index is 0.329. The van der Waals surface area contributed by atoms with Gasteiger partial charge in [-0.1, -0.05) is 19.9 Å². The van der Waals surface area contributed by atoms with Gasteiger partial charge in [-0.15, -0.1) is 6.58 Å². The van der Waals surface area contributed by atoms with Crippen molar-refractivity contribution in [2.45, 2.75) is 26.2 Å². The molecule has 1 heterocycles. The van der Waals surface area contributed by atoms with Gasteiger partial charge in [0.15, 0.2) is 0 Å². The Morgan fingerprint density at radius 2 is 2.45 bits per heavy atom. The van der Waals surface area contributed by atoms with Gasteiger partial charge in [0.25, 0.3) is 0 Å². The van der Waals surface area contributed by atoms with Gasteiger partial charge in [-0.2, -0.15) is 0 Å². The van der Waals surface area contributed by atoms with Crippen LogP contribution in [0.3, 0.4) is 0 Å². The van der Waals surface area contributed by atoms with Crippen LogP contribution < -0.4 is 0 Å². The van der Waals surface area contributed by atoms with E-state index in [9.17, 15) is 0 Å². The van der Waals surface area contributed by atoms with E-state index in [1.807, 2.05) is 12.3 Å². The minimum atomic E-state index is 0.329. The maximum absolute atomic E-state index is 5.34. The highest BCUT2D eigenvalue weighted by molar-refractivity contribution is 5.17. The van der Waals surface area contributed by atoms with Crippen molar-refractivity contribution in [3.63, 3.8) is 0 Å². The normalized spacial score (nSPS) is 12.9. The van der Waals surface area contributed by atoms with Crippen molar-refractivity contribution in [1.29, 1.82) is 0 Å². The van der Waals surface area contributed by atoms with Crippen molar-refractivity contribution >= 4 is 0 Å². The number of hydrogen-bond donors (Lipinski definition) is 0. The summed E-state index contributed by atoms with van der Waals surface area (Å²) in [5, 5.41) is 0. The first kappa shape index (κ1) is 8.12. The summed E-state index contributed by atoms with van der Waals surface area (Å²) >= 11 is 0. The van der Waals surface area contributed by atoms with Crippen molar-refractivity contribution < 1.29 is 4.42 Å². The number of allylic oxidation sites excluding steroid dienone is 1. The molecule has 1 nitrogen and oxygen atoms in total. The molecule has 0 saturated carbocycles. The first-order valence-electron chi connectivity index (χ1n) is 3.97. The third-order valence-corrected chi connectivity index (χ3v) is 1.88. The molecule has 1 aromatic heterocycles. The van der Waals surface area contributed by atoms with Crippen LogP contribution in [0.4, 0.5) is 0 Å². The van der Waals surface area contributed by atoms with Crippen molar-refractivity contribution in [3.05, 3.63) is 36.3 Å². The number of hydrogen-bond acceptors (Lipinski definition) is 1. The monoisotopic (exact) mass is 150 g/mol. The Kier molecular flexibility index (Phi) is 2.53. The highest BCUT2D eigenvalue weighted by Crippen LogP contribution is 2.18. The van der Waals surface area contributed by atoms with E-state index in [2.05, 4.69) is 26.5 Å². The molecule has 0 aromatic carbocycles. The molecule has 0 unspecified atom stereocenters. The number of furan rings is 1. The average molecular weight is 150 g/mol. The first-order valence-corrected chi connectivity index (χ1v) is 3.97. The third-order valence-electron chi connectivity index (χ3n) is 1.88. The fourth-order valence-electron chi connectivity index (χ4n) is 0.935. The molecular formula is C10H14O. The smallest absolute Gasteiger partial charge is 0.110 e. The highest BCUT2D eigenvalue weighted by atomic mass is 16.3. The zero-order valence-corrected chi connectivity index (χ0v) is 7.13. The van der Waals surface area contributed by atoms with E-state index in [1.54, 1.807) is 0 Å². The van der Waals surface area contributed by atoms with E-state index in [1.165, 1.54) is 5.56 Å². The molecule has 0 aliphatic heterocycles. The van der Waals surface area contributed by atoms with Gasteiger partial charge < -0.3 is 4.42 Å². The van der Waals surface area contributed by atoms with Gasteiger partial charge in [-0.25, -0.2) is 0 Å². The van der Waals surface area contributed by atoms with Gasteiger partial charge in [0, 0.05) is 5.92 Å². The molecule has 0 amide bonds. The predicted octanol–water partition coefficient (Wildman–Crippen LogP) is 3.13. The predicted molar refractivity (Wildman–Crippen MR) is 46.7 cm³/mol. The Labute approximate surface area is 67.7 Å². The second kappa shape index (κ2) is 3.42. The molecule has 1 atom stereocenters. The van der Waals surface area contributed by atoms with Gasteiger partial charge in [-0.05, 0) is 18.1 Å². The molecule has 11 heavy (non-hydrogen) atoms. The van der Waals surface area contributed by atoms with Gasteiger partial charge in [-0.3, -0.25) is 0 Å². The molecule has 0 fully saturated rings. The van der Waals surface area contributed by atoms with Crippen molar-refractivity contribution in [3.8, 4) is 0 Å². The quantitative estimate of drug-likeness (QED) is 0.603. The Bertz CT molecular complexity index is 235. The maximum atomic E-state index is 5.34. The molecule has 0 bridgehead atoms. The zero-order chi connectivity index (χ0) is 8.27. The van der Waals surface area contributed by atoms with Crippen LogP contribution in [0.2, 0.25) is 0 Å². The van der Waals surface area contributed by atoms with Crippen molar-refractivity contribution in [2.24, 2.45) is 0 Å². The number of aryl methyl sites for hydroxylation is 1. The summed E-state index contributed by atoms with van der Waals surface area (Å²) < 4.78 is 5.34. The first-order chi connectivity index (χ1) is 5.27. The molecule has 0 radical (unpaired) electrons. The summed E-state index contributed by atoms with van der Waals surface area (Å²) in [6.07, 6.45) is 4.74. The molecule has 1 rings (SSSR count). The lowest BCUT2D eigenvalue weighted by Gasteiger charge is -1.97. The molecule has 0 N–H and O–H groups in total.